The monoisotopic (exact) mass is 520 g/mol. The standard InChI is InChI=1S/C30H31F3N4O/c1-3-9-21-10-4-7-15-26(21)36(2)27-24-13-5-6-14-25(24)34-28(35-27)37-18-16-29(38,17-19-37)22-11-8-12-23(20-22)30(31,32)33/h4-8,10-15,20,38H,3,9,16-19H2,1-2H3. The van der Waals surface area contributed by atoms with Gasteiger partial charge in [0.15, 0.2) is 0 Å². The van der Waals surface area contributed by atoms with Crippen LogP contribution < -0.4 is 9.80 Å². The number of anilines is 3. The van der Waals surface area contributed by atoms with E-state index in [9.17, 15) is 18.3 Å². The highest BCUT2D eigenvalue weighted by molar-refractivity contribution is 5.92. The van der Waals surface area contributed by atoms with E-state index in [1.54, 1.807) is 6.07 Å². The van der Waals surface area contributed by atoms with Crippen molar-refractivity contribution in [1.82, 2.24) is 9.97 Å². The molecule has 1 N–H and O–H groups in total. The third-order valence-corrected chi connectivity index (χ3v) is 7.36. The molecule has 5 nitrogen and oxygen atoms in total. The van der Waals surface area contributed by atoms with Gasteiger partial charge in [0.1, 0.15) is 5.82 Å². The summed E-state index contributed by atoms with van der Waals surface area (Å²) in [6.45, 7) is 2.99. The van der Waals surface area contributed by atoms with Gasteiger partial charge in [-0.05, 0) is 60.7 Å². The molecule has 1 fully saturated rings. The van der Waals surface area contributed by atoms with Crippen LogP contribution in [0.2, 0.25) is 0 Å². The third-order valence-electron chi connectivity index (χ3n) is 7.36. The van der Waals surface area contributed by atoms with E-state index in [0.29, 0.717) is 24.6 Å². The Labute approximate surface area is 220 Å². The Balaban J connectivity index is 1.45. The number of aryl methyl sites for hydroxylation is 1. The molecule has 0 saturated carbocycles. The predicted octanol–water partition coefficient (Wildman–Crippen LogP) is 6.86. The fraction of sp³-hybridized carbons (Fsp3) is 0.333. The van der Waals surface area contributed by atoms with Crippen molar-refractivity contribution in [3.63, 3.8) is 0 Å². The summed E-state index contributed by atoms with van der Waals surface area (Å²) in [5, 5.41) is 12.2. The number of aliphatic hydroxyl groups is 1. The van der Waals surface area contributed by atoms with Gasteiger partial charge < -0.3 is 14.9 Å². The summed E-state index contributed by atoms with van der Waals surface area (Å²) in [4.78, 5) is 13.9. The van der Waals surface area contributed by atoms with Crippen LogP contribution in [0.15, 0.2) is 72.8 Å². The van der Waals surface area contributed by atoms with Crippen LogP contribution in [-0.4, -0.2) is 35.2 Å². The second-order valence-corrected chi connectivity index (χ2v) is 9.90. The van der Waals surface area contributed by atoms with E-state index in [0.717, 1.165) is 47.4 Å². The van der Waals surface area contributed by atoms with E-state index in [1.165, 1.54) is 11.6 Å². The van der Waals surface area contributed by atoms with Gasteiger partial charge in [0.2, 0.25) is 5.95 Å². The fourth-order valence-corrected chi connectivity index (χ4v) is 5.23. The highest BCUT2D eigenvalue weighted by atomic mass is 19.4. The fourth-order valence-electron chi connectivity index (χ4n) is 5.23. The molecule has 0 radical (unpaired) electrons. The molecule has 1 saturated heterocycles. The van der Waals surface area contributed by atoms with Crippen LogP contribution in [-0.2, 0) is 18.2 Å². The summed E-state index contributed by atoms with van der Waals surface area (Å²) < 4.78 is 39.8. The van der Waals surface area contributed by atoms with E-state index < -0.39 is 17.3 Å². The minimum Gasteiger partial charge on any atom is -0.385 e. The number of nitrogens with zero attached hydrogens (tertiary/aromatic N) is 4. The quantitative estimate of drug-likeness (QED) is 0.301. The molecule has 0 unspecified atom stereocenters. The normalized spacial score (nSPS) is 15.6. The molecule has 38 heavy (non-hydrogen) atoms. The summed E-state index contributed by atoms with van der Waals surface area (Å²) in [6, 6.07) is 21.2. The molecule has 0 spiro atoms. The van der Waals surface area contributed by atoms with Crippen molar-refractivity contribution in [2.24, 2.45) is 0 Å². The lowest BCUT2D eigenvalue weighted by Crippen LogP contribution is -2.43. The zero-order valence-corrected chi connectivity index (χ0v) is 21.5. The summed E-state index contributed by atoms with van der Waals surface area (Å²) in [5.41, 5.74) is 1.34. The highest BCUT2D eigenvalue weighted by Crippen LogP contribution is 2.38. The Morgan fingerprint density at radius 3 is 2.39 bits per heavy atom. The molecule has 8 heteroatoms. The molecule has 0 amide bonds. The number of halogens is 3. The van der Waals surface area contributed by atoms with E-state index >= 15 is 0 Å². The van der Waals surface area contributed by atoms with Gasteiger partial charge in [-0.1, -0.05) is 55.8 Å². The van der Waals surface area contributed by atoms with Crippen LogP contribution in [0.3, 0.4) is 0 Å². The van der Waals surface area contributed by atoms with Gasteiger partial charge in [0.25, 0.3) is 0 Å². The summed E-state index contributed by atoms with van der Waals surface area (Å²) in [5.74, 6) is 1.33. The number of aromatic nitrogens is 2. The van der Waals surface area contributed by atoms with Crippen LogP contribution in [0.5, 0.6) is 0 Å². The molecule has 1 aliphatic heterocycles. The summed E-state index contributed by atoms with van der Waals surface area (Å²) in [7, 11) is 2.01. The second kappa shape index (κ2) is 10.3. The third kappa shape index (κ3) is 5.05. The molecule has 0 atom stereocenters. The van der Waals surface area contributed by atoms with Crippen LogP contribution in [0.1, 0.15) is 42.9 Å². The minimum atomic E-state index is -4.45. The highest BCUT2D eigenvalue weighted by Gasteiger charge is 2.37. The minimum absolute atomic E-state index is 0.273. The summed E-state index contributed by atoms with van der Waals surface area (Å²) in [6.07, 6.45) is -1.92. The van der Waals surface area contributed by atoms with Crippen LogP contribution in [0, 0.1) is 0 Å². The summed E-state index contributed by atoms with van der Waals surface area (Å²) >= 11 is 0. The van der Waals surface area contributed by atoms with Crippen molar-refractivity contribution < 1.29 is 18.3 Å². The number of alkyl halides is 3. The van der Waals surface area contributed by atoms with Crippen molar-refractivity contribution in [3.05, 3.63) is 89.5 Å². The van der Waals surface area contributed by atoms with Gasteiger partial charge in [-0.25, -0.2) is 4.98 Å². The number of rotatable bonds is 6. The SMILES string of the molecule is CCCc1ccccc1N(C)c1nc(N2CCC(O)(c3cccc(C(F)(F)F)c3)CC2)nc2ccccc12. The topological polar surface area (TPSA) is 52.5 Å². The first-order valence-electron chi connectivity index (χ1n) is 12.9. The van der Waals surface area contributed by atoms with Gasteiger partial charge in [0, 0.05) is 31.2 Å². The molecule has 3 aromatic carbocycles. The molecule has 5 rings (SSSR count). The van der Waals surface area contributed by atoms with Crippen molar-refractivity contribution in [2.75, 3.05) is 29.9 Å². The molecule has 1 aliphatic rings. The number of para-hydroxylation sites is 2. The van der Waals surface area contributed by atoms with Gasteiger partial charge in [-0.3, -0.25) is 0 Å². The Morgan fingerprint density at radius 1 is 0.947 bits per heavy atom. The average molecular weight is 521 g/mol. The maximum absolute atomic E-state index is 13.3. The van der Waals surface area contributed by atoms with Gasteiger partial charge in [0.05, 0.1) is 16.7 Å². The molecule has 0 aliphatic carbocycles. The first-order valence-corrected chi connectivity index (χ1v) is 12.9. The maximum atomic E-state index is 13.3. The second-order valence-electron chi connectivity index (χ2n) is 9.90. The van der Waals surface area contributed by atoms with E-state index in [1.807, 2.05) is 48.3 Å². The largest absolute Gasteiger partial charge is 0.416 e. The first-order chi connectivity index (χ1) is 18.2. The molecule has 198 valence electrons. The Kier molecular flexibility index (Phi) is 7.01. The van der Waals surface area contributed by atoms with Gasteiger partial charge >= 0.3 is 6.18 Å². The maximum Gasteiger partial charge on any atom is 0.416 e. The zero-order chi connectivity index (χ0) is 26.9. The molecule has 1 aromatic heterocycles. The number of benzene rings is 3. The lowest BCUT2D eigenvalue weighted by atomic mass is 9.84. The van der Waals surface area contributed by atoms with Gasteiger partial charge in [-0.15, -0.1) is 0 Å². The molecular weight excluding hydrogens is 489 g/mol. The van der Waals surface area contributed by atoms with E-state index in [-0.39, 0.29) is 12.8 Å². The number of fused-ring (bicyclic) bond motifs is 1. The van der Waals surface area contributed by atoms with Crippen LogP contribution in [0.25, 0.3) is 10.9 Å². The Morgan fingerprint density at radius 2 is 1.66 bits per heavy atom. The van der Waals surface area contributed by atoms with Gasteiger partial charge in [-0.2, -0.15) is 18.2 Å². The smallest absolute Gasteiger partial charge is 0.385 e. The van der Waals surface area contributed by atoms with Crippen molar-refractivity contribution in [2.45, 2.75) is 44.4 Å². The lowest BCUT2D eigenvalue weighted by molar-refractivity contribution is -0.137. The zero-order valence-electron chi connectivity index (χ0n) is 21.5. The number of piperidine rings is 1. The van der Waals surface area contributed by atoms with Crippen LogP contribution >= 0.6 is 0 Å². The van der Waals surface area contributed by atoms with Crippen molar-refractivity contribution in [3.8, 4) is 0 Å². The van der Waals surface area contributed by atoms with Crippen molar-refractivity contribution >= 4 is 28.4 Å². The average Bonchev–Trinajstić information content (AvgIpc) is 2.92. The molecule has 2 heterocycles. The predicted molar refractivity (Wildman–Crippen MR) is 145 cm³/mol. The Hall–Kier alpha value is -3.65. The van der Waals surface area contributed by atoms with E-state index in [4.69, 9.17) is 9.97 Å². The molecule has 0 bridgehead atoms. The Bertz CT molecular complexity index is 1430. The number of hydrogen-bond donors (Lipinski definition) is 1. The lowest BCUT2D eigenvalue weighted by Gasteiger charge is -2.39. The first kappa shape index (κ1) is 26.0. The molecule has 4 aromatic rings. The molecular formula is C30H31F3N4O. The number of hydrogen-bond acceptors (Lipinski definition) is 5. The van der Waals surface area contributed by atoms with E-state index in [2.05, 4.69) is 24.0 Å². The van der Waals surface area contributed by atoms with Crippen molar-refractivity contribution in [1.29, 1.82) is 0 Å². The van der Waals surface area contributed by atoms with Crippen LogP contribution in [0.4, 0.5) is 30.6 Å².